The molecule has 0 radical (unpaired) electrons. The number of fused-ring (bicyclic) bond motifs is 1. The maximum absolute atomic E-state index is 13.6. The summed E-state index contributed by atoms with van der Waals surface area (Å²) in [6, 6.07) is 4.19. The highest BCUT2D eigenvalue weighted by Gasteiger charge is 2.63. The van der Waals surface area contributed by atoms with E-state index < -0.39 is 17.2 Å². The fourth-order valence-electron chi connectivity index (χ4n) is 3.47. The van der Waals surface area contributed by atoms with Gasteiger partial charge in [0.15, 0.2) is 11.6 Å². The lowest BCUT2D eigenvalue weighted by Gasteiger charge is -2.11. The number of hydrogen-bond acceptors (Lipinski definition) is 1. The van der Waals surface area contributed by atoms with Gasteiger partial charge in [-0.05, 0) is 36.3 Å². The SMILES string of the molecule is OC1(Cc2cccc(F)c2F)C2CCCCC21. The number of benzene rings is 1. The van der Waals surface area contributed by atoms with Crippen LogP contribution < -0.4 is 0 Å². The molecule has 0 amide bonds. The predicted octanol–water partition coefficient (Wildman–Crippen LogP) is 3.06. The van der Waals surface area contributed by atoms with Gasteiger partial charge >= 0.3 is 0 Å². The molecule has 3 heteroatoms. The van der Waals surface area contributed by atoms with Crippen LogP contribution in [0.1, 0.15) is 31.2 Å². The summed E-state index contributed by atoms with van der Waals surface area (Å²) in [4.78, 5) is 0. The first-order valence-corrected chi connectivity index (χ1v) is 6.28. The molecule has 2 atom stereocenters. The summed E-state index contributed by atoms with van der Waals surface area (Å²) >= 11 is 0. The van der Waals surface area contributed by atoms with Gasteiger partial charge in [-0.2, -0.15) is 0 Å². The first kappa shape index (κ1) is 11.1. The molecule has 0 heterocycles. The Balaban J connectivity index is 1.82. The average molecular weight is 238 g/mol. The van der Waals surface area contributed by atoms with E-state index in [1.807, 2.05) is 0 Å². The highest BCUT2D eigenvalue weighted by molar-refractivity contribution is 5.26. The zero-order valence-electron chi connectivity index (χ0n) is 9.63. The Morgan fingerprint density at radius 2 is 1.82 bits per heavy atom. The Morgan fingerprint density at radius 1 is 1.18 bits per heavy atom. The van der Waals surface area contributed by atoms with Crippen molar-refractivity contribution in [1.82, 2.24) is 0 Å². The van der Waals surface area contributed by atoms with Crippen LogP contribution in [0, 0.1) is 23.5 Å². The largest absolute Gasteiger partial charge is 0.389 e. The summed E-state index contributed by atoms with van der Waals surface area (Å²) in [7, 11) is 0. The fraction of sp³-hybridized carbons (Fsp3) is 0.571. The third-order valence-corrected chi connectivity index (χ3v) is 4.45. The van der Waals surface area contributed by atoms with Crippen LogP contribution in [0.2, 0.25) is 0 Å². The fourth-order valence-corrected chi connectivity index (χ4v) is 3.47. The van der Waals surface area contributed by atoms with Crippen molar-refractivity contribution in [3.8, 4) is 0 Å². The molecule has 0 bridgehead atoms. The molecule has 3 rings (SSSR count). The van der Waals surface area contributed by atoms with Crippen molar-refractivity contribution in [2.75, 3.05) is 0 Å². The molecule has 1 nitrogen and oxygen atoms in total. The van der Waals surface area contributed by atoms with Crippen LogP contribution in [0.15, 0.2) is 18.2 Å². The van der Waals surface area contributed by atoms with Crippen molar-refractivity contribution in [1.29, 1.82) is 0 Å². The molecule has 2 aliphatic carbocycles. The molecule has 0 aromatic heterocycles. The van der Waals surface area contributed by atoms with E-state index in [0.29, 0.717) is 17.4 Å². The summed E-state index contributed by atoms with van der Waals surface area (Å²) < 4.78 is 26.6. The van der Waals surface area contributed by atoms with Gasteiger partial charge in [0.05, 0.1) is 5.60 Å². The van der Waals surface area contributed by atoms with Crippen molar-refractivity contribution in [2.24, 2.45) is 11.8 Å². The molecule has 2 saturated carbocycles. The average Bonchev–Trinajstić information content (AvgIpc) is 2.92. The van der Waals surface area contributed by atoms with Crippen LogP contribution in [0.25, 0.3) is 0 Å². The van der Waals surface area contributed by atoms with Gasteiger partial charge in [-0.1, -0.05) is 25.0 Å². The Bertz CT molecular complexity index is 432. The van der Waals surface area contributed by atoms with E-state index in [1.54, 1.807) is 6.07 Å². The number of rotatable bonds is 2. The highest BCUT2D eigenvalue weighted by Crippen LogP contribution is 2.60. The zero-order valence-corrected chi connectivity index (χ0v) is 9.63. The van der Waals surface area contributed by atoms with Crippen molar-refractivity contribution >= 4 is 0 Å². The third-order valence-electron chi connectivity index (χ3n) is 4.45. The molecule has 17 heavy (non-hydrogen) atoms. The van der Waals surface area contributed by atoms with Crippen molar-refractivity contribution in [3.63, 3.8) is 0 Å². The number of hydrogen-bond donors (Lipinski definition) is 1. The zero-order chi connectivity index (χ0) is 12.0. The molecule has 1 aromatic rings. The number of halogens is 2. The van der Waals surface area contributed by atoms with E-state index in [2.05, 4.69) is 0 Å². The molecule has 2 fully saturated rings. The minimum Gasteiger partial charge on any atom is -0.389 e. The lowest BCUT2D eigenvalue weighted by atomic mass is 10.0. The normalized spacial score (nSPS) is 35.5. The van der Waals surface area contributed by atoms with Crippen molar-refractivity contribution in [2.45, 2.75) is 37.7 Å². The third kappa shape index (κ3) is 1.68. The van der Waals surface area contributed by atoms with Gasteiger partial charge in [-0.3, -0.25) is 0 Å². The molecular weight excluding hydrogens is 222 g/mol. The summed E-state index contributed by atoms with van der Waals surface area (Å²) in [5.41, 5.74) is -0.465. The molecular formula is C14H16F2O. The van der Waals surface area contributed by atoms with Gasteiger partial charge in [-0.25, -0.2) is 8.78 Å². The minimum absolute atomic E-state index is 0.256. The molecule has 92 valence electrons. The molecule has 0 saturated heterocycles. The number of aliphatic hydroxyl groups is 1. The monoisotopic (exact) mass is 238 g/mol. The Labute approximate surface area is 99.5 Å². The van der Waals surface area contributed by atoms with Crippen LogP contribution in [-0.2, 0) is 6.42 Å². The standard InChI is InChI=1S/C14H16F2O/c15-12-7-3-4-9(13(12)16)8-14(17)10-5-1-2-6-11(10)14/h3-4,7,10-11,17H,1-2,5-6,8H2. The van der Waals surface area contributed by atoms with Gasteiger partial charge in [0.2, 0.25) is 0 Å². The quantitative estimate of drug-likeness (QED) is 0.839. The molecule has 1 aromatic carbocycles. The van der Waals surface area contributed by atoms with Crippen molar-refractivity contribution < 1.29 is 13.9 Å². The second kappa shape index (κ2) is 3.77. The molecule has 0 spiro atoms. The summed E-state index contributed by atoms with van der Waals surface area (Å²) in [6.07, 6.45) is 4.60. The first-order valence-electron chi connectivity index (χ1n) is 6.28. The van der Waals surface area contributed by atoms with Crippen LogP contribution in [0.3, 0.4) is 0 Å². The lowest BCUT2D eigenvalue weighted by Crippen LogP contribution is -2.18. The predicted molar refractivity (Wildman–Crippen MR) is 60.5 cm³/mol. The van der Waals surface area contributed by atoms with Crippen molar-refractivity contribution in [3.05, 3.63) is 35.4 Å². The maximum atomic E-state index is 13.6. The molecule has 0 aliphatic heterocycles. The van der Waals surface area contributed by atoms with Gasteiger partial charge in [0, 0.05) is 6.42 Å². The van der Waals surface area contributed by atoms with E-state index in [-0.39, 0.29) is 6.42 Å². The van der Waals surface area contributed by atoms with Crippen LogP contribution in [0.4, 0.5) is 8.78 Å². The van der Waals surface area contributed by atoms with E-state index in [1.165, 1.54) is 6.07 Å². The minimum atomic E-state index is -0.824. The van der Waals surface area contributed by atoms with Gasteiger partial charge < -0.3 is 5.11 Å². The van der Waals surface area contributed by atoms with Gasteiger partial charge in [-0.15, -0.1) is 0 Å². The molecule has 2 unspecified atom stereocenters. The van der Waals surface area contributed by atoms with E-state index in [4.69, 9.17) is 0 Å². The maximum Gasteiger partial charge on any atom is 0.162 e. The van der Waals surface area contributed by atoms with E-state index in [0.717, 1.165) is 31.7 Å². The summed E-state index contributed by atoms with van der Waals surface area (Å²) in [5.74, 6) is -1.02. The molecule has 2 aliphatic rings. The smallest absolute Gasteiger partial charge is 0.162 e. The second-order valence-corrected chi connectivity index (χ2v) is 5.38. The summed E-state index contributed by atoms with van der Waals surface area (Å²) in [6.45, 7) is 0. The summed E-state index contributed by atoms with van der Waals surface area (Å²) in [5, 5.41) is 10.5. The van der Waals surface area contributed by atoms with Gasteiger partial charge in [0.1, 0.15) is 0 Å². The second-order valence-electron chi connectivity index (χ2n) is 5.38. The first-order chi connectivity index (χ1) is 8.13. The van der Waals surface area contributed by atoms with Crippen LogP contribution in [-0.4, -0.2) is 10.7 Å². The van der Waals surface area contributed by atoms with E-state index >= 15 is 0 Å². The Hall–Kier alpha value is -0.960. The van der Waals surface area contributed by atoms with Gasteiger partial charge in [0.25, 0.3) is 0 Å². The Kier molecular flexibility index (Phi) is 2.47. The highest BCUT2D eigenvalue weighted by atomic mass is 19.2. The van der Waals surface area contributed by atoms with E-state index in [9.17, 15) is 13.9 Å². The topological polar surface area (TPSA) is 20.2 Å². The van der Waals surface area contributed by atoms with Crippen LogP contribution >= 0.6 is 0 Å². The van der Waals surface area contributed by atoms with Crippen LogP contribution in [0.5, 0.6) is 0 Å². The lowest BCUT2D eigenvalue weighted by molar-refractivity contribution is 0.117. The Morgan fingerprint density at radius 3 is 2.47 bits per heavy atom. The molecule has 1 N–H and O–H groups in total.